The first-order valence-electron chi connectivity index (χ1n) is 6.28. The van der Waals surface area contributed by atoms with Gasteiger partial charge in [-0.15, -0.1) is 0 Å². The highest BCUT2D eigenvalue weighted by Gasteiger charge is 2.27. The fourth-order valence-corrected chi connectivity index (χ4v) is 2.60. The van der Waals surface area contributed by atoms with Crippen LogP contribution in [0.3, 0.4) is 0 Å². The van der Waals surface area contributed by atoms with Crippen molar-refractivity contribution < 1.29 is 4.79 Å². The summed E-state index contributed by atoms with van der Waals surface area (Å²) >= 11 is 9.27. The van der Waals surface area contributed by atoms with E-state index in [0.29, 0.717) is 28.1 Å². The van der Waals surface area contributed by atoms with Gasteiger partial charge in [0, 0.05) is 22.4 Å². The van der Waals surface area contributed by atoms with Crippen LogP contribution in [0.25, 0.3) is 0 Å². The number of carbonyl (C=O) groups excluding carboxylic acids is 1. The van der Waals surface area contributed by atoms with Gasteiger partial charge in [-0.1, -0.05) is 11.6 Å². The summed E-state index contributed by atoms with van der Waals surface area (Å²) in [6, 6.07) is 7.38. The molecule has 0 bridgehead atoms. The van der Waals surface area contributed by atoms with Crippen LogP contribution in [0.4, 0.5) is 11.4 Å². The molecule has 0 spiro atoms. The zero-order valence-corrected chi connectivity index (χ0v) is 12.9. The normalized spacial score (nSPS) is 14.3. The van der Waals surface area contributed by atoms with Gasteiger partial charge < -0.3 is 15.6 Å². The molecule has 3 rings (SSSR count). The van der Waals surface area contributed by atoms with Gasteiger partial charge in [0.2, 0.25) is 0 Å². The largest absolute Gasteiger partial charge is 0.397 e. The molecule has 1 aliphatic rings. The second-order valence-corrected chi connectivity index (χ2v) is 6.14. The van der Waals surface area contributed by atoms with Crippen LogP contribution >= 0.6 is 27.5 Å². The smallest absolute Gasteiger partial charge is 0.272 e. The van der Waals surface area contributed by atoms with Crippen molar-refractivity contribution in [3.8, 4) is 0 Å². The number of nitrogens with zero attached hydrogens (tertiary/aromatic N) is 1. The Kier molecular flexibility index (Phi) is 3.48. The van der Waals surface area contributed by atoms with Crippen molar-refractivity contribution in [2.45, 2.75) is 18.9 Å². The highest BCUT2D eigenvalue weighted by atomic mass is 79.9. The number of hydrogen-bond acceptors (Lipinski definition) is 2. The first kappa shape index (κ1) is 13.5. The highest BCUT2D eigenvalue weighted by Crippen LogP contribution is 2.37. The molecule has 1 heterocycles. The van der Waals surface area contributed by atoms with E-state index in [0.717, 1.165) is 17.3 Å². The van der Waals surface area contributed by atoms with Gasteiger partial charge in [0.05, 0.1) is 10.7 Å². The minimum absolute atomic E-state index is 0.164. The van der Waals surface area contributed by atoms with Gasteiger partial charge in [-0.2, -0.15) is 0 Å². The van der Waals surface area contributed by atoms with Crippen LogP contribution in [0.2, 0.25) is 5.02 Å². The van der Waals surface area contributed by atoms with E-state index in [1.807, 2.05) is 10.8 Å². The number of amides is 1. The molecular weight excluding hydrogens is 342 g/mol. The van der Waals surface area contributed by atoms with E-state index < -0.39 is 0 Å². The summed E-state index contributed by atoms with van der Waals surface area (Å²) in [5, 5.41) is 3.46. The van der Waals surface area contributed by atoms with Gasteiger partial charge in [0.15, 0.2) is 0 Å². The fraction of sp³-hybridized carbons (Fsp3) is 0.214. The van der Waals surface area contributed by atoms with Crippen molar-refractivity contribution in [2.24, 2.45) is 0 Å². The van der Waals surface area contributed by atoms with E-state index in [1.165, 1.54) is 0 Å². The molecular formula is C14H13BrClN3O. The summed E-state index contributed by atoms with van der Waals surface area (Å²) in [4.78, 5) is 12.3. The number of rotatable bonds is 3. The lowest BCUT2D eigenvalue weighted by molar-refractivity contribution is 0.101. The van der Waals surface area contributed by atoms with E-state index >= 15 is 0 Å². The summed E-state index contributed by atoms with van der Waals surface area (Å²) < 4.78 is 2.70. The third-order valence-corrected chi connectivity index (χ3v) is 4.43. The first-order valence-corrected chi connectivity index (χ1v) is 7.45. The van der Waals surface area contributed by atoms with Crippen LogP contribution in [0.1, 0.15) is 29.4 Å². The molecule has 0 saturated heterocycles. The van der Waals surface area contributed by atoms with Crippen LogP contribution in [0.15, 0.2) is 34.9 Å². The minimum Gasteiger partial charge on any atom is -0.397 e. The standard InChI is InChI=1S/C14H13BrClN3O/c15-11-6-9(1-4-12(11)16)18-14(20)13-5-8(17)7-19(13)10-2-3-10/h1,4-7,10H,2-3,17H2,(H,18,20). The van der Waals surface area contributed by atoms with Gasteiger partial charge >= 0.3 is 0 Å². The zero-order chi connectivity index (χ0) is 14.3. The Morgan fingerprint density at radius 3 is 2.80 bits per heavy atom. The number of anilines is 2. The van der Waals surface area contributed by atoms with E-state index in [2.05, 4.69) is 21.2 Å². The topological polar surface area (TPSA) is 60.1 Å². The average molecular weight is 355 g/mol. The van der Waals surface area contributed by atoms with Crippen molar-refractivity contribution in [3.63, 3.8) is 0 Å². The number of nitrogens with one attached hydrogen (secondary N) is 1. The van der Waals surface area contributed by atoms with Crippen LogP contribution in [-0.4, -0.2) is 10.5 Å². The van der Waals surface area contributed by atoms with Crippen LogP contribution in [0, 0.1) is 0 Å². The predicted molar refractivity (Wildman–Crippen MR) is 84.2 cm³/mol. The second kappa shape index (κ2) is 5.14. The maximum atomic E-state index is 12.3. The van der Waals surface area contributed by atoms with Crippen molar-refractivity contribution in [1.82, 2.24) is 4.57 Å². The first-order chi connectivity index (χ1) is 9.54. The summed E-state index contributed by atoms with van der Waals surface area (Å²) in [5.74, 6) is -0.164. The summed E-state index contributed by atoms with van der Waals surface area (Å²) in [5.41, 5.74) is 7.69. The molecule has 0 atom stereocenters. The van der Waals surface area contributed by atoms with Crippen LogP contribution in [-0.2, 0) is 0 Å². The summed E-state index contributed by atoms with van der Waals surface area (Å²) in [7, 11) is 0. The van der Waals surface area contributed by atoms with Gasteiger partial charge in [0.1, 0.15) is 5.69 Å². The van der Waals surface area contributed by atoms with Crippen molar-refractivity contribution in [2.75, 3.05) is 11.1 Å². The van der Waals surface area contributed by atoms with Crippen LogP contribution < -0.4 is 11.1 Å². The number of halogens is 2. The van der Waals surface area contributed by atoms with E-state index in [9.17, 15) is 4.79 Å². The van der Waals surface area contributed by atoms with E-state index in [1.54, 1.807) is 24.3 Å². The number of aromatic nitrogens is 1. The van der Waals surface area contributed by atoms with E-state index in [4.69, 9.17) is 17.3 Å². The molecule has 1 fully saturated rings. The molecule has 1 amide bonds. The van der Waals surface area contributed by atoms with Gasteiger partial charge in [-0.3, -0.25) is 4.79 Å². The number of nitrogens with two attached hydrogens (primary N) is 1. The molecule has 2 aromatic rings. The van der Waals surface area contributed by atoms with Crippen molar-refractivity contribution in [1.29, 1.82) is 0 Å². The third kappa shape index (κ3) is 2.69. The maximum Gasteiger partial charge on any atom is 0.272 e. The molecule has 1 aliphatic carbocycles. The summed E-state index contributed by atoms with van der Waals surface area (Å²) in [6.45, 7) is 0. The van der Waals surface area contributed by atoms with E-state index in [-0.39, 0.29) is 5.91 Å². The summed E-state index contributed by atoms with van der Waals surface area (Å²) in [6.07, 6.45) is 4.02. The Labute approximate surface area is 130 Å². The zero-order valence-electron chi connectivity index (χ0n) is 10.6. The van der Waals surface area contributed by atoms with Crippen molar-refractivity contribution in [3.05, 3.63) is 45.7 Å². The maximum absolute atomic E-state index is 12.3. The number of nitrogen functional groups attached to an aromatic ring is 1. The lowest BCUT2D eigenvalue weighted by Gasteiger charge is -2.09. The van der Waals surface area contributed by atoms with Crippen LogP contribution in [0.5, 0.6) is 0 Å². The Balaban J connectivity index is 1.84. The SMILES string of the molecule is Nc1cc(C(=O)Nc2ccc(Cl)c(Br)c2)n(C2CC2)c1. The number of hydrogen-bond donors (Lipinski definition) is 2. The second-order valence-electron chi connectivity index (χ2n) is 4.88. The third-order valence-electron chi connectivity index (χ3n) is 3.22. The lowest BCUT2D eigenvalue weighted by atomic mass is 10.3. The van der Waals surface area contributed by atoms with Crippen molar-refractivity contribution >= 4 is 44.8 Å². The highest BCUT2D eigenvalue weighted by molar-refractivity contribution is 9.10. The Morgan fingerprint density at radius 2 is 2.15 bits per heavy atom. The molecule has 3 N–H and O–H groups in total. The lowest BCUT2D eigenvalue weighted by Crippen LogP contribution is -2.16. The molecule has 0 unspecified atom stereocenters. The number of carbonyl (C=O) groups is 1. The molecule has 0 aliphatic heterocycles. The monoisotopic (exact) mass is 353 g/mol. The predicted octanol–water partition coefficient (Wildman–Crippen LogP) is 4.07. The molecule has 1 aromatic carbocycles. The van der Waals surface area contributed by atoms with Gasteiger partial charge in [0.25, 0.3) is 5.91 Å². The molecule has 6 heteroatoms. The quantitative estimate of drug-likeness (QED) is 0.872. The molecule has 1 saturated carbocycles. The molecule has 4 nitrogen and oxygen atoms in total. The fourth-order valence-electron chi connectivity index (χ4n) is 2.11. The molecule has 0 radical (unpaired) electrons. The molecule has 104 valence electrons. The van der Waals surface area contributed by atoms with Gasteiger partial charge in [-0.25, -0.2) is 0 Å². The van der Waals surface area contributed by atoms with Gasteiger partial charge in [-0.05, 0) is 53.0 Å². The average Bonchev–Trinajstić information content (AvgIpc) is 3.17. The Hall–Kier alpha value is -1.46. The Morgan fingerprint density at radius 1 is 1.40 bits per heavy atom. The Bertz CT molecular complexity index is 679. The number of benzene rings is 1. The molecule has 20 heavy (non-hydrogen) atoms. The molecule has 1 aromatic heterocycles. The minimum atomic E-state index is -0.164.